The van der Waals surface area contributed by atoms with Crippen molar-refractivity contribution >= 4 is 11.6 Å². The summed E-state index contributed by atoms with van der Waals surface area (Å²) in [5.41, 5.74) is 1.22. The van der Waals surface area contributed by atoms with Gasteiger partial charge in [-0.15, -0.1) is 13.2 Å². The van der Waals surface area contributed by atoms with Crippen molar-refractivity contribution in [3.8, 4) is 22.6 Å². The molecule has 1 N–H and O–H groups in total. The molecular formula is C13H8ClF3O2. The molecule has 0 aliphatic rings. The van der Waals surface area contributed by atoms with E-state index in [4.69, 9.17) is 11.6 Å². The third-order valence-corrected chi connectivity index (χ3v) is 2.52. The van der Waals surface area contributed by atoms with E-state index >= 15 is 0 Å². The predicted octanol–water partition coefficient (Wildman–Crippen LogP) is 4.61. The Morgan fingerprint density at radius 2 is 1.58 bits per heavy atom. The summed E-state index contributed by atoms with van der Waals surface area (Å²) < 4.78 is 39.8. The molecule has 19 heavy (non-hydrogen) atoms. The Labute approximate surface area is 112 Å². The second-order valence-corrected chi connectivity index (χ2v) is 4.21. The largest absolute Gasteiger partial charge is 0.573 e. The average Bonchev–Trinajstić information content (AvgIpc) is 2.26. The van der Waals surface area contributed by atoms with E-state index in [0.717, 1.165) is 0 Å². The van der Waals surface area contributed by atoms with Crippen LogP contribution in [0.15, 0.2) is 42.5 Å². The van der Waals surface area contributed by atoms with Gasteiger partial charge in [0.15, 0.2) is 0 Å². The molecule has 2 nitrogen and oxygen atoms in total. The van der Waals surface area contributed by atoms with Crippen LogP contribution >= 0.6 is 11.6 Å². The number of phenolic OH excluding ortho intramolecular Hbond substituents is 1. The molecule has 0 aliphatic carbocycles. The van der Waals surface area contributed by atoms with Crippen molar-refractivity contribution in [1.82, 2.24) is 0 Å². The van der Waals surface area contributed by atoms with Crippen LogP contribution in [0.2, 0.25) is 5.02 Å². The molecule has 0 bridgehead atoms. The van der Waals surface area contributed by atoms with E-state index in [9.17, 15) is 18.3 Å². The zero-order valence-electron chi connectivity index (χ0n) is 9.41. The lowest BCUT2D eigenvalue weighted by Crippen LogP contribution is -2.16. The van der Waals surface area contributed by atoms with Crippen LogP contribution in [0.1, 0.15) is 0 Å². The minimum Gasteiger partial charge on any atom is -0.508 e. The van der Waals surface area contributed by atoms with Gasteiger partial charge in [0.1, 0.15) is 11.5 Å². The normalized spacial score (nSPS) is 11.4. The smallest absolute Gasteiger partial charge is 0.508 e. The zero-order valence-corrected chi connectivity index (χ0v) is 10.2. The van der Waals surface area contributed by atoms with Gasteiger partial charge in [-0.2, -0.15) is 0 Å². The number of aromatic hydroxyl groups is 1. The second kappa shape index (κ2) is 5.01. The van der Waals surface area contributed by atoms with Crippen molar-refractivity contribution in [2.24, 2.45) is 0 Å². The monoisotopic (exact) mass is 288 g/mol. The molecule has 0 saturated heterocycles. The third kappa shape index (κ3) is 3.79. The highest BCUT2D eigenvalue weighted by Gasteiger charge is 2.30. The van der Waals surface area contributed by atoms with Crippen molar-refractivity contribution < 1.29 is 23.0 Å². The zero-order chi connectivity index (χ0) is 14.0. The van der Waals surface area contributed by atoms with E-state index < -0.39 is 6.36 Å². The van der Waals surface area contributed by atoms with E-state index in [1.54, 1.807) is 6.07 Å². The molecule has 6 heteroatoms. The van der Waals surface area contributed by atoms with Gasteiger partial charge in [-0.3, -0.25) is 0 Å². The fraction of sp³-hybridized carbons (Fsp3) is 0.0769. The van der Waals surface area contributed by atoms with Gasteiger partial charge in [0, 0.05) is 5.02 Å². The molecule has 0 amide bonds. The first kappa shape index (κ1) is 13.5. The van der Waals surface area contributed by atoms with Gasteiger partial charge in [0.25, 0.3) is 0 Å². The van der Waals surface area contributed by atoms with Crippen LogP contribution < -0.4 is 4.74 Å². The Hall–Kier alpha value is -1.88. The fourth-order valence-corrected chi connectivity index (χ4v) is 1.82. The number of hydrogen-bond acceptors (Lipinski definition) is 2. The summed E-state index contributed by atoms with van der Waals surface area (Å²) in [5, 5.41) is 9.74. The molecule has 100 valence electrons. The SMILES string of the molecule is Oc1cc(Cl)cc(-c2ccc(OC(F)(F)F)cc2)c1. The summed E-state index contributed by atoms with van der Waals surface area (Å²) >= 11 is 5.78. The molecule has 0 radical (unpaired) electrons. The van der Waals surface area contributed by atoms with Crippen molar-refractivity contribution in [1.29, 1.82) is 0 Å². The first-order valence-electron chi connectivity index (χ1n) is 5.19. The Bertz CT molecular complexity index is 559. The molecular weight excluding hydrogens is 281 g/mol. The number of benzene rings is 2. The Morgan fingerprint density at radius 3 is 2.11 bits per heavy atom. The van der Waals surface area contributed by atoms with Gasteiger partial charge in [0.2, 0.25) is 0 Å². The molecule has 0 saturated carbocycles. The average molecular weight is 289 g/mol. The fourth-order valence-electron chi connectivity index (χ4n) is 1.59. The van der Waals surface area contributed by atoms with Gasteiger partial charge in [0.05, 0.1) is 0 Å². The summed E-state index contributed by atoms with van der Waals surface area (Å²) in [6.45, 7) is 0. The van der Waals surface area contributed by atoms with E-state index in [2.05, 4.69) is 4.74 Å². The quantitative estimate of drug-likeness (QED) is 0.874. The Balaban J connectivity index is 2.27. The van der Waals surface area contributed by atoms with Crippen molar-refractivity contribution in [3.05, 3.63) is 47.5 Å². The summed E-state index contributed by atoms with van der Waals surface area (Å²) in [5.74, 6) is -0.319. The van der Waals surface area contributed by atoms with Crippen molar-refractivity contribution in [2.75, 3.05) is 0 Å². The number of rotatable bonds is 2. The lowest BCUT2D eigenvalue weighted by molar-refractivity contribution is -0.274. The Kier molecular flexibility index (Phi) is 3.57. The molecule has 0 fully saturated rings. The second-order valence-electron chi connectivity index (χ2n) is 3.77. The minimum absolute atomic E-state index is 0.0156. The Morgan fingerprint density at radius 1 is 0.947 bits per heavy atom. The van der Waals surface area contributed by atoms with Crippen LogP contribution in [0.5, 0.6) is 11.5 Å². The van der Waals surface area contributed by atoms with Crippen LogP contribution in [-0.2, 0) is 0 Å². The van der Waals surface area contributed by atoms with Gasteiger partial charge in [-0.1, -0.05) is 23.7 Å². The summed E-state index contributed by atoms with van der Waals surface area (Å²) in [4.78, 5) is 0. The van der Waals surface area contributed by atoms with Crippen LogP contribution in [0.3, 0.4) is 0 Å². The molecule has 2 aromatic rings. The number of halogens is 4. The first-order chi connectivity index (χ1) is 8.83. The molecule has 0 heterocycles. The minimum atomic E-state index is -4.71. The van der Waals surface area contributed by atoms with Gasteiger partial charge in [-0.25, -0.2) is 0 Å². The topological polar surface area (TPSA) is 29.5 Å². The third-order valence-electron chi connectivity index (χ3n) is 2.30. The summed E-state index contributed by atoms with van der Waals surface area (Å²) in [6, 6.07) is 9.72. The van der Waals surface area contributed by atoms with Crippen LogP contribution in [0.25, 0.3) is 11.1 Å². The number of hydrogen-bond donors (Lipinski definition) is 1. The predicted molar refractivity (Wildman–Crippen MR) is 65.2 cm³/mol. The lowest BCUT2D eigenvalue weighted by atomic mass is 10.1. The van der Waals surface area contributed by atoms with Crippen molar-refractivity contribution in [3.63, 3.8) is 0 Å². The van der Waals surface area contributed by atoms with E-state index in [1.165, 1.54) is 36.4 Å². The summed E-state index contributed by atoms with van der Waals surface area (Å²) in [6.07, 6.45) is -4.71. The molecule has 2 aromatic carbocycles. The first-order valence-corrected chi connectivity index (χ1v) is 5.57. The summed E-state index contributed by atoms with van der Waals surface area (Å²) in [7, 11) is 0. The molecule has 0 unspecified atom stereocenters. The maximum Gasteiger partial charge on any atom is 0.573 e. The van der Waals surface area contributed by atoms with E-state index in [1.807, 2.05) is 0 Å². The number of phenols is 1. The van der Waals surface area contributed by atoms with Crippen LogP contribution in [0.4, 0.5) is 13.2 Å². The molecule has 0 atom stereocenters. The van der Waals surface area contributed by atoms with Gasteiger partial charge < -0.3 is 9.84 Å². The molecule has 0 aliphatic heterocycles. The van der Waals surface area contributed by atoms with Gasteiger partial charge in [-0.05, 0) is 41.5 Å². The van der Waals surface area contributed by atoms with Crippen LogP contribution in [-0.4, -0.2) is 11.5 Å². The molecule has 0 spiro atoms. The molecule has 0 aromatic heterocycles. The highest BCUT2D eigenvalue weighted by molar-refractivity contribution is 6.31. The number of ether oxygens (including phenoxy) is 1. The maximum absolute atomic E-state index is 12.0. The van der Waals surface area contributed by atoms with E-state index in [-0.39, 0.29) is 11.5 Å². The lowest BCUT2D eigenvalue weighted by Gasteiger charge is -2.09. The van der Waals surface area contributed by atoms with Crippen molar-refractivity contribution in [2.45, 2.75) is 6.36 Å². The molecule has 2 rings (SSSR count). The number of alkyl halides is 3. The van der Waals surface area contributed by atoms with Crippen LogP contribution in [0, 0.1) is 0 Å². The van der Waals surface area contributed by atoms with Gasteiger partial charge >= 0.3 is 6.36 Å². The maximum atomic E-state index is 12.0. The highest BCUT2D eigenvalue weighted by atomic mass is 35.5. The highest BCUT2D eigenvalue weighted by Crippen LogP contribution is 2.30. The van der Waals surface area contributed by atoms with E-state index in [0.29, 0.717) is 16.1 Å². The standard InChI is InChI=1S/C13H8ClF3O2/c14-10-5-9(6-11(18)7-10)8-1-3-12(4-2-8)19-13(15,16)17/h1-7,18H.